The molecule has 0 amide bonds. The van der Waals surface area contributed by atoms with Crippen LogP contribution in [0.15, 0.2) is 46.9 Å². The molecule has 0 fully saturated rings. The van der Waals surface area contributed by atoms with Gasteiger partial charge in [-0.15, -0.1) is 0 Å². The Morgan fingerprint density at radius 2 is 1.88 bits per heavy atom. The van der Waals surface area contributed by atoms with E-state index in [9.17, 15) is 13.2 Å². The molecule has 0 atom stereocenters. The number of hydrogen-bond acceptors (Lipinski definition) is 5. The highest BCUT2D eigenvalue weighted by atomic mass is 79.9. The molecule has 2 rings (SSSR count). The Hall–Kier alpha value is -1.90. The first-order chi connectivity index (χ1) is 11.7. The first-order valence-electron chi connectivity index (χ1n) is 7.28. The number of hydrogen-bond donors (Lipinski definition) is 1. The van der Waals surface area contributed by atoms with Gasteiger partial charge < -0.3 is 9.84 Å². The van der Waals surface area contributed by atoms with E-state index < -0.39 is 16.1 Å². The number of aliphatic carboxylic acids is 1. The van der Waals surface area contributed by atoms with Crippen LogP contribution in [-0.4, -0.2) is 25.7 Å². The molecule has 0 aliphatic carbocycles. The molecule has 0 heterocycles. The Morgan fingerprint density at radius 3 is 2.56 bits per heavy atom. The van der Waals surface area contributed by atoms with E-state index in [-0.39, 0.29) is 19.6 Å². The van der Waals surface area contributed by atoms with Crippen molar-refractivity contribution in [2.24, 2.45) is 0 Å². The van der Waals surface area contributed by atoms with Crippen LogP contribution in [0.5, 0.6) is 5.75 Å². The van der Waals surface area contributed by atoms with Gasteiger partial charge in [-0.25, -0.2) is 0 Å². The van der Waals surface area contributed by atoms with Crippen molar-refractivity contribution in [1.29, 1.82) is 0 Å². The van der Waals surface area contributed by atoms with Crippen molar-refractivity contribution in [2.75, 3.05) is 6.26 Å². The molecule has 2 aromatic carbocycles. The van der Waals surface area contributed by atoms with Crippen LogP contribution >= 0.6 is 15.9 Å². The highest BCUT2D eigenvalue weighted by molar-refractivity contribution is 9.10. The van der Waals surface area contributed by atoms with Crippen LogP contribution < -0.4 is 4.74 Å². The summed E-state index contributed by atoms with van der Waals surface area (Å²) in [5.41, 5.74) is 2.17. The molecule has 25 heavy (non-hydrogen) atoms. The molecule has 1 N–H and O–H groups in total. The lowest BCUT2D eigenvalue weighted by atomic mass is 10.1. The second kappa shape index (κ2) is 8.46. The molecule has 6 nitrogen and oxygen atoms in total. The summed E-state index contributed by atoms with van der Waals surface area (Å²) in [4.78, 5) is 10.8. The zero-order valence-corrected chi connectivity index (χ0v) is 15.8. The quantitative estimate of drug-likeness (QED) is 0.649. The predicted molar refractivity (Wildman–Crippen MR) is 95.9 cm³/mol. The molecule has 0 saturated carbocycles. The van der Waals surface area contributed by atoms with Crippen molar-refractivity contribution >= 4 is 32.0 Å². The third kappa shape index (κ3) is 6.85. The van der Waals surface area contributed by atoms with Crippen molar-refractivity contribution in [3.8, 4) is 5.75 Å². The van der Waals surface area contributed by atoms with E-state index in [1.165, 1.54) is 0 Å². The molecular weight excluding hydrogens is 412 g/mol. The third-order valence-electron chi connectivity index (χ3n) is 3.20. The molecule has 0 aliphatic heterocycles. The Bertz CT molecular complexity index is 863. The first kappa shape index (κ1) is 19.4. The monoisotopic (exact) mass is 428 g/mol. The average Bonchev–Trinajstić information content (AvgIpc) is 2.53. The van der Waals surface area contributed by atoms with Gasteiger partial charge in [0.25, 0.3) is 10.1 Å². The second-order valence-corrected chi connectivity index (χ2v) is 7.90. The number of ether oxygens (including phenoxy) is 1. The molecule has 2 aromatic rings. The lowest BCUT2D eigenvalue weighted by molar-refractivity contribution is -0.136. The normalized spacial score (nSPS) is 11.3. The van der Waals surface area contributed by atoms with Crippen LogP contribution in [0.25, 0.3) is 0 Å². The third-order valence-corrected chi connectivity index (χ3v) is 4.52. The van der Waals surface area contributed by atoms with E-state index in [1.807, 2.05) is 0 Å². The van der Waals surface area contributed by atoms with Gasteiger partial charge in [-0.2, -0.15) is 8.42 Å². The van der Waals surface area contributed by atoms with E-state index >= 15 is 0 Å². The average molecular weight is 429 g/mol. The SMILES string of the molecule is CS(=O)(=O)OCc1cccc(OCc2cc(CC(=O)O)ccc2Br)c1. The van der Waals surface area contributed by atoms with Gasteiger partial charge in [0.1, 0.15) is 12.4 Å². The summed E-state index contributed by atoms with van der Waals surface area (Å²) >= 11 is 3.42. The van der Waals surface area contributed by atoms with Crippen molar-refractivity contribution < 1.29 is 27.2 Å². The van der Waals surface area contributed by atoms with Crippen molar-refractivity contribution in [3.63, 3.8) is 0 Å². The summed E-state index contributed by atoms with van der Waals surface area (Å²) in [5.74, 6) is -0.335. The Morgan fingerprint density at radius 1 is 1.12 bits per heavy atom. The fourth-order valence-electron chi connectivity index (χ4n) is 2.08. The second-order valence-electron chi connectivity index (χ2n) is 5.40. The van der Waals surface area contributed by atoms with Crippen LogP contribution in [0.3, 0.4) is 0 Å². The van der Waals surface area contributed by atoms with Gasteiger partial charge >= 0.3 is 5.97 Å². The Labute approximate surface area is 154 Å². The highest BCUT2D eigenvalue weighted by Crippen LogP contribution is 2.22. The maximum absolute atomic E-state index is 11.0. The molecule has 0 aromatic heterocycles. The topological polar surface area (TPSA) is 89.9 Å². The van der Waals surface area contributed by atoms with Gasteiger partial charge in [0.15, 0.2) is 0 Å². The molecule has 134 valence electrons. The first-order valence-corrected chi connectivity index (χ1v) is 9.89. The Kier molecular flexibility index (Phi) is 6.57. The summed E-state index contributed by atoms with van der Waals surface area (Å²) < 4.78 is 33.4. The summed E-state index contributed by atoms with van der Waals surface area (Å²) in [6.45, 7) is 0.179. The lowest BCUT2D eigenvalue weighted by Crippen LogP contribution is -2.04. The number of carboxylic acid groups (broad SMARTS) is 1. The standard InChI is InChI=1S/C17H17BrO6S/c1-25(21,22)24-10-13-3-2-4-15(8-13)23-11-14-7-12(9-17(19)20)5-6-16(14)18/h2-8H,9-11H2,1H3,(H,19,20). The molecule has 0 radical (unpaired) electrons. The van der Waals surface area contributed by atoms with Gasteiger partial charge in [0.2, 0.25) is 0 Å². The fraction of sp³-hybridized carbons (Fsp3) is 0.235. The summed E-state index contributed by atoms with van der Waals surface area (Å²) in [7, 11) is -3.51. The van der Waals surface area contributed by atoms with Gasteiger partial charge in [-0.3, -0.25) is 8.98 Å². The molecule has 0 unspecified atom stereocenters. The summed E-state index contributed by atoms with van der Waals surface area (Å²) in [6.07, 6.45) is 0.938. The van der Waals surface area contributed by atoms with Crippen molar-refractivity contribution in [3.05, 3.63) is 63.6 Å². The molecule has 0 spiro atoms. The number of benzene rings is 2. The van der Waals surface area contributed by atoms with E-state index in [0.717, 1.165) is 16.3 Å². The van der Waals surface area contributed by atoms with Gasteiger partial charge in [-0.05, 0) is 29.3 Å². The minimum absolute atomic E-state index is 0.0569. The van der Waals surface area contributed by atoms with Crippen LogP contribution in [0.2, 0.25) is 0 Å². The number of carboxylic acids is 1. The van der Waals surface area contributed by atoms with Crippen molar-refractivity contribution in [2.45, 2.75) is 19.6 Å². The van der Waals surface area contributed by atoms with Crippen molar-refractivity contribution in [1.82, 2.24) is 0 Å². The zero-order chi connectivity index (χ0) is 18.4. The van der Waals surface area contributed by atoms with E-state index in [0.29, 0.717) is 16.9 Å². The van der Waals surface area contributed by atoms with E-state index in [2.05, 4.69) is 15.9 Å². The summed E-state index contributed by atoms with van der Waals surface area (Å²) in [6, 6.07) is 12.2. The fourth-order valence-corrected chi connectivity index (χ4v) is 2.80. The smallest absolute Gasteiger partial charge is 0.307 e. The minimum Gasteiger partial charge on any atom is -0.489 e. The van der Waals surface area contributed by atoms with Crippen LogP contribution in [-0.2, 0) is 38.7 Å². The van der Waals surface area contributed by atoms with E-state index in [4.69, 9.17) is 14.0 Å². The molecule has 0 saturated heterocycles. The number of halogens is 1. The van der Waals surface area contributed by atoms with Crippen LogP contribution in [0, 0.1) is 0 Å². The Balaban J connectivity index is 2.05. The van der Waals surface area contributed by atoms with Gasteiger partial charge in [0, 0.05) is 10.0 Å². The molecule has 0 aliphatic rings. The number of rotatable bonds is 8. The highest BCUT2D eigenvalue weighted by Gasteiger charge is 2.07. The molecule has 0 bridgehead atoms. The largest absolute Gasteiger partial charge is 0.489 e. The van der Waals surface area contributed by atoms with Gasteiger partial charge in [0.05, 0.1) is 19.3 Å². The number of carbonyl (C=O) groups is 1. The lowest BCUT2D eigenvalue weighted by Gasteiger charge is -2.11. The summed E-state index contributed by atoms with van der Waals surface area (Å²) in [5, 5.41) is 8.88. The maximum Gasteiger partial charge on any atom is 0.307 e. The van der Waals surface area contributed by atoms with Crippen LogP contribution in [0.4, 0.5) is 0 Å². The predicted octanol–water partition coefficient (Wildman–Crippen LogP) is 3.13. The molecule has 8 heteroatoms. The van der Waals surface area contributed by atoms with Crippen LogP contribution in [0.1, 0.15) is 16.7 Å². The zero-order valence-electron chi connectivity index (χ0n) is 13.4. The minimum atomic E-state index is -3.51. The van der Waals surface area contributed by atoms with E-state index in [1.54, 1.807) is 42.5 Å². The molecular formula is C17H17BrO6S. The van der Waals surface area contributed by atoms with Gasteiger partial charge in [-0.1, -0.05) is 40.2 Å². The maximum atomic E-state index is 11.0.